The zero-order valence-electron chi connectivity index (χ0n) is 15.4. The number of alkyl halides is 3. The first-order valence-electron chi connectivity index (χ1n) is 8.28. The molecule has 1 aliphatic heterocycles. The Morgan fingerprint density at radius 2 is 1.93 bits per heavy atom. The van der Waals surface area contributed by atoms with Crippen LogP contribution in [0.3, 0.4) is 0 Å². The molecule has 1 heterocycles. The fourth-order valence-electron chi connectivity index (χ4n) is 2.51. The van der Waals surface area contributed by atoms with Crippen molar-refractivity contribution in [2.24, 2.45) is 0 Å². The van der Waals surface area contributed by atoms with Gasteiger partial charge in [-0.25, -0.2) is 4.79 Å². The fourth-order valence-corrected chi connectivity index (χ4v) is 2.73. The molecule has 12 heteroatoms. The lowest BCUT2D eigenvalue weighted by Crippen LogP contribution is -2.40. The number of halogens is 4. The van der Waals surface area contributed by atoms with Crippen molar-refractivity contribution in [3.05, 3.63) is 28.8 Å². The van der Waals surface area contributed by atoms with E-state index >= 15 is 0 Å². The third-order valence-corrected chi connectivity index (χ3v) is 4.25. The van der Waals surface area contributed by atoms with Gasteiger partial charge in [0.1, 0.15) is 5.54 Å². The molecular weight excluding hydrogens is 419 g/mol. The van der Waals surface area contributed by atoms with Gasteiger partial charge in [0.15, 0.2) is 6.61 Å². The molecule has 158 valence electrons. The Bertz CT molecular complexity index is 857. The predicted octanol–water partition coefficient (Wildman–Crippen LogP) is 2.56. The topological polar surface area (TPSA) is 105 Å². The maximum absolute atomic E-state index is 13.0. The van der Waals surface area contributed by atoms with E-state index in [0.717, 1.165) is 23.1 Å². The number of urea groups is 1. The molecule has 0 spiro atoms. The highest BCUT2D eigenvalue weighted by molar-refractivity contribution is 6.34. The first-order valence-corrected chi connectivity index (χ1v) is 8.66. The van der Waals surface area contributed by atoms with Crippen molar-refractivity contribution >= 4 is 41.1 Å². The maximum atomic E-state index is 13.0. The van der Waals surface area contributed by atoms with Gasteiger partial charge in [-0.15, -0.1) is 0 Å². The van der Waals surface area contributed by atoms with E-state index in [1.165, 1.54) is 13.8 Å². The van der Waals surface area contributed by atoms with E-state index in [4.69, 9.17) is 11.6 Å². The van der Waals surface area contributed by atoms with Crippen molar-refractivity contribution in [1.29, 1.82) is 0 Å². The average molecular weight is 436 g/mol. The Kier molecular flexibility index (Phi) is 6.41. The van der Waals surface area contributed by atoms with Gasteiger partial charge in [-0.2, -0.15) is 13.2 Å². The SMILES string of the molecule is CC1(C)NC(=O)N(CCC(=O)OCC(=O)Nc2c(Cl)cccc2C(F)(F)F)C1=O. The van der Waals surface area contributed by atoms with Crippen LogP contribution in [0, 0.1) is 0 Å². The largest absolute Gasteiger partial charge is 0.456 e. The highest BCUT2D eigenvalue weighted by atomic mass is 35.5. The quantitative estimate of drug-likeness (QED) is 0.528. The number of esters is 1. The molecule has 1 fully saturated rings. The van der Waals surface area contributed by atoms with Crippen LogP contribution in [0.15, 0.2) is 18.2 Å². The minimum Gasteiger partial charge on any atom is -0.456 e. The second-order valence-electron chi connectivity index (χ2n) is 6.63. The van der Waals surface area contributed by atoms with Crippen LogP contribution in [0.25, 0.3) is 0 Å². The number of carbonyl (C=O) groups is 4. The maximum Gasteiger partial charge on any atom is 0.418 e. The lowest BCUT2D eigenvalue weighted by atomic mass is 10.1. The first kappa shape index (κ1) is 22.5. The zero-order valence-corrected chi connectivity index (χ0v) is 16.1. The Labute approximate surface area is 168 Å². The van der Waals surface area contributed by atoms with Gasteiger partial charge in [0, 0.05) is 6.54 Å². The van der Waals surface area contributed by atoms with Crippen molar-refractivity contribution in [1.82, 2.24) is 10.2 Å². The van der Waals surface area contributed by atoms with Crippen LogP contribution in [0.5, 0.6) is 0 Å². The number of nitrogens with zero attached hydrogens (tertiary/aromatic N) is 1. The molecule has 1 aromatic rings. The average Bonchev–Trinajstić information content (AvgIpc) is 2.79. The van der Waals surface area contributed by atoms with Gasteiger partial charge in [0.2, 0.25) is 0 Å². The van der Waals surface area contributed by atoms with Gasteiger partial charge in [-0.05, 0) is 26.0 Å². The summed E-state index contributed by atoms with van der Waals surface area (Å²) in [7, 11) is 0. The number of hydrogen-bond acceptors (Lipinski definition) is 5. The Morgan fingerprint density at radius 1 is 1.28 bits per heavy atom. The Hall–Kier alpha value is -2.82. The van der Waals surface area contributed by atoms with Crippen LogP contribution in [0.2, 0.25) is 5.02 Å². The second kappa shape index (κ2) is 8.27. The molecule has 0 unspecified atom stereocenters. The number of ether oxygens (including phenoxy) is 1. The highest BCUT2D eigenvalue weighted by Gasteiger charge is 2.44. The summed E-state index contributed by atoms with van der Waals surface area (Å²) in [6, 6.07) is 2.33. The minimum atomic E-state index is -4.75. The number of carbonyl (C=O) groups excluding carboxylic acids is 4. The number of benzene rings is 1. The summed E-state index contributed by atoms with van der Waals surface area (Å²) in [5.41, 5.74) is -2.89. The van der Waals surface area contributed by atoms with E-state index in [1.807, 2.05) is 5.32 Å². The van der Waals surface area contributed by atoms with Gasteiger partial charge < -0.3 is 15.4 Å². The molecular formula is C17H17ClF3N3O5. The summed E-state index contributed by atoms with van der Waals surface area (Å²) < 4.78 is 43.7. The van der Waals surface area contributed by atoms with Crippen molar-refractivity contribution < 1.29 is 37.1 Å². The van der Waals surface area contributed by atoms with E-state index in [1.54, 1.807) is 0 Å². The van der Waals surface area contributed by atoms with Crippen LogP contribution >= 0.6 is 11.6 Å². The summed E-state index contributed by atoms with van der Waals surface area (Å²) in [6.07, 6.45) is -5.14. The standard InChI is InChI=1S/C17H17ClF3N3O5/c1-16(2)14(27)24(15(28)23-16)7-6-12(26)29-8-11(25)22-13-9(17(19,20)21)4-3-5-10(13)18/h3-5H,6-8H2,1-2H3,(H,22,25)(H,23,28). The predicted molar refractivity (Wildman–Crippen MR) is 95.0 cm³/mol. The minimum absolute atomic E-state index is 0.267. The van der Waals surface area contributed by atoms with Crippen LogP contribution in [0.1, 0.15) is 25.8 Å². The normalized spacial score (nSPS) is 15.9. The van der Waals surface area contributed by atoms with Crippen LogP contribution in [-0.4, -0.2) is 47.4 Å². The lowest BCUT2D eigenvalue weighted by molar-refractivity contribution is -0.148. The van der Waals surface area contributed by atoms with Gasteiger partial charge in [0.25, 0.3) is 11.8 Å². The smallest absolute Gasteiger partial charge is 0.418 e. The van der Waals surface area contributed by atoms with Crippen LogP contribution in [0.4, 0.5) is 23.7 Å². The molecule has 2 N–H and O–H groups in total. The molecule has 0 bridgehead atoms. The molecule has 0 aromatic heterocycles. The molecule has 1 aromatic carbocycles. The fraction of sp³-hybridized carbons (Fsp3) is 0.412. The molecule has 8 nitrogen and oxygen atoms in total. The van der Waals surface area contributed by atoms with Crippen molar-refractivity contribution in [3.8, 4) is 0 Å². The van der Waals surface area contributed by atoms with Crippen molar-refractivity contribution in [2.45, 2.75) is 32.0 Å². The number of amides is 4. The Balaban J connectivity index is 1.88. The monoisotopic (exact) mass is 435 g/mol. The van der Waals surface area contributed by atoms with Gasteiger partial charge in [0.05, 0.1) is 22.7 Å². The number of rotatable bonds is 6. The van der Waals surface area contributed by atoms with Gasteiger partial charge >= 0.3 is 18.2 Å². The van der Waals surface area contributed by atoms with E-state index in [0.29, 0.717) is 0 Å². The van der Waals surface area contributed by atoms with Crippen LogP contribution < -0.4 is 10.6 Å². The van der Waals surface area contributed by atoms with E-state index < -0.39 is 53.4 Å². The molecule has 0 atom stereocenters. The second-order valence-corrected chi connectivity index (χ2v) is 7.04. The van der Waals surface area contributed by atoms with Crippen molar-refractivity contribution in [2.75, 3.05) is 18.5 Å². The summed E-state index contributed by atoms with van der Waals surface area (Å²) in [6.45, 7) is 1.86. The lowest BCUT2D eigenvalue weighted by Gasteiger charge is -2.16. The third kappa shape index (κ3) is 5.37. The molecule has 0 saturated carbocycles. The number of anilines is 1. The van der Waals surface area contributed by atoms with E-state index in [-0.39, 0.29) is 18.0 Å². The molecule has 1 aliphatic rings. The van der Waals surface area contributed by atoms with Crippen LogP contribution in [-0.2, 0) is 25.3 Å². The van der Waals surface area contributed by atoms with E-state index in [9.17, 15) is 32.3 Å². The van der Waals surface area contributed by atoms with Gasteiger partial charge in [-0.3, -0.25) is 19.3 Å². The van der Waals surface area contributed by atoms with E-state index in [2.05, 4.69) is 10.1 Å². The summed E-state index contributed by atoms with van der Waals surface area (Å²) in [4.78, 5) is 48.1. The molecule has 0 radical (unpaired) electrons. The molecule has 0 aliphatic carbocycles. The zero-order chi connectivity index (χ0) is 22.0. The van der Waals surface area contributed by atoms with Crippen molar-refractivity contribution in [3.63, 3.8) is 0 Å². The molecule has 2 rings (SSSR count). The Morgan fingerprint density at radius 3 is 2.48 bits per heavy atom. The number of nitrogens with one attached hydrogen (secondary N) is 2. The number of imide groups is 1. The molecule has 29 heavy (non-hydrogen) atoms. The summed E-state index contributed by atoms with van der Waals surface area (Å²) >= 11 is 5.72. The first-order chi connectivity index (χ1) is 13.3. The number of hydrogen-bond donors (Lipinski definition) is 2. The molecule has 4 amide bonds. The number of para-hydroxylation sites is 1. The highest BCUT2D eigenvalue weighted by Crippen LogP contribution is 2.38. The summed E-state index contributed by atoms with van der Waals surface area (Å²) in [5.74, 6) is -2.47. The molecule has 1 saturated heterocycles. The third-order valence-electron chi connectivity index (χ3n) is 3.93. The summed E-state index contributed by atoms with van der Waals surface area (Å²) in [5, 5.41) is 4.07. The van der Waals surface area contributed by atoms with Gasteiger partial charge in [-0.1, -0.05) is 17.7 Å².